The highest BCUT2D eigenvalue weighted by molar-refractivity contribution is 7.13. The number of aryl methyl sites for hydroxylation is 1. The van der Waals surface area contributed by atoms with Crippen molar-refractivity contribution < 1.29 is 0 Å². The zero-order chi connectivity index (χ0) is 14.8. The maximum atomic E-state index is 4.64. The van der Waals surface area contributed by atoms with Crippen LogP contribution in [0.2, 0.25) is 0 Å². The Balaban J connectivity index is 1.72. The van der Waals surface area contributed by atoms with Crippen molar-refractivity contribution in [1.29, 1.82) is 0 Å². The summed E-state index contributed by atoms with van der Waals surface area (Å²) in [5.41, 5.74) is 2.77. The number of piperazine rings is 1. The first-order valence-corrected chi connectivity index (χ1v) is 7.80. The fourth-order valence-corrected chi connectivity index (χ4v) is 2.92. The highest BCUT2D eigenvalue weighted by Gasteiger charge is 2.21. The lowest BCUT2D eigenvalue weighted by Gasteiger charge is -2.34. The third-order valence-corrected chi connectivity index (χ3v) is 4.22. The van der Waals surface area contributed by atoms with Crippen LogP contribution in [0.5, 0.6) is 0 Å². The quantitative estimate of drug-likeness (QED) is 0.839. The van der Waals surface area contributed by atoms with Gasteiger partial charge >= 0.3 is 0 Å². The number of rotatable bonds is 3. The van der Waals surface area contributed by atoms with Gasteiger partial charge in [0.05, 0.1) is 0 Å². The van der Waals surface area contributed by atoms with Crippen LogP contribution in [0.1, 0.15) is 5.69 Å². The Morgan fingerprint density at radius 2 is 1.81 bits per heavy atom. The molecule has 0 amide bonds. The molecule has 2 aromatic heterocycles. The first kappa shape index (κ1) is 14.0. The van der Waals surface area contributed by atoms with E-state index in [0.717, 1.165) is 48.8 Å². The lowest BCUT2D eigenvalue weighted by Crippen LogP contribution is -2.47. The minimum Gasteiger partial charge on any atom is -0.363 e. The van der Waals surface area contributed by atoms with Crippen molar-refractivity contribution in [3.63, 3.8) is 0 Å². The molecular weight excluding hydrogens is 286 g/mol. The summed E-state index contributed by atoms with van der Waals surface area (Å²) in [6, 6.07) is 2.00. The van der Waals surface area contributed by atoms with Crippen molar-refractivity contribution in [1.82, 2.24) is 20.2 Å². The lowest BCUT2D eigenvalue weighted by atomic mass is 10.3. The summed E-state index contributed by atoms with van der Waals surface area (Å²) >= 11 is 1.58. The zero-order valence-corrected chi connectivity index (χ0v) is 13.3. The van der Waals surface area contributed by atoms with Gasteiger partial charge in [0.25, 0.3) is 0 Å². The highest BCUT2D eigenvalue weighted by Crippen LogP contribution is 2.21. The molecule has 0 atom stereocenters. The molecule has 3 heterocycles. The largest absolute Gasteiger partial charge is 0.363 e. The maximum Gasteiger partial charge on any atom is 0.227 e. The molecule has 0 radical (unpaired) electrons. The number of hydrogen-bond donors (Lipinski definition) is 0. The number of hydrogen-bond acceptors (Lipinski definition) is 8. The van der Waals surface area contributed by atoms with E-state index in [9.17, 15) is 0 Å². The van der Waals surface area contributed by atoms with E-state index >= 15 is 0 Å². The lowest BCUT2D eigenvalue weighted by molar-refractivity contribution is 0.635. The SMILES string of the molecule is Cc1cc(N(C)C)nc(N2CCN(c3nncs3)CC2)n1. The Labute approximate surface area is 128 Å². The van der Waals surface area contributed by atoms with Crippen molar-refractivity contribution in [3.8, 4) is 0 Å². The molecule has 1 aliphatic heterocycles. The van der Waals surface area contributed by atoms with E-state index < -0.39 is 0 Å². The van der Waals surface area contributed by atoms with Gasteiger partial charge in [0, 0.05) is 52.0 Å². The minimum atomic E-state index is 0.815. The molecule has 8 heteroatoms. The van der Waals surface area contributed by atoms with Crippen molar-refractivity contribution in [2.24, 2.45) is 0 Å². The van der Waals surface area contributed by atoms with E-state index in [-0.39, 0.29) is 0 Å². The summed E-state index contributed by atoms with van der Waals surface area (Å²) in [7, 11) is 4.00. The number of anilines is 3. The van der Waals surface area contributed by atoms with E-state index in [1.807, 2.05) is 32.0 Å². The van der Waals surface area contributed by atoms with Crippen molar-refractivity contribution in [2.45, 2.75) is 6.92 Å². The Morgan fingerprint density at radius 1 is 1.10 bits per heavy atom. The van der Waals surface area contributed by atoms with Gasteiger partial charge in [-0.2, -0.15) is 4.98 Å². The Bertz CT molecular complexity index is 591. The van der Waals surface area contributed by atoms with Gasteiger partial charge in [-0.1, -0.05) is 11.3 Å². The van der Waals surface area contributed by atoms with Gasteiger partial charge in [0.1, 0.15) is 11.3 Å². The molecule has 1 fully saturated rings. The normalized spacial score (nSPS) is 15.4. The summed E-state index contributed by atoms with van der Waals surface area (Å²) in [6.07, 6.45) is 0. The molecule has 2 aromatic rings. The van der Waals surface area contributed by atoms with Crippen LogP contribution in [-0.2, 0) is 0 Å². The van der Waals surface area contributed by atoms with Crippen LogP contribution in [0.3, 0.4) is 0 Å². The van der Waals surface area contributed by atoms with Crippen LogP contribution in [0.15, 0.2) is 11.6 Å². The van der Waals surface area contributed by atoms with Crippen LogP contribution in [0.4, 0.5) is 16.9 Å². The molecule has 7 nitrogen and oxygen atoms in total. The first-order chi connectivity index (χ1) is 10.1. The molecule has 1 aliphatic rings. The van der Waals surface area contributed by atoms with Crippen LogP contribution >= 0.6 is 11.3 Å². The van der Waals surface area contributed by atoms with Crippen molar-refractivity contribution in [3.05, 3.63) is 17.3 Å². The smallest absolute Gasteiger partial charge is 0.227 e. The van der Waals surface area contributed by atoms with Gasteiger partial charge in [-0.25, -0.2) is 4.98 Å². The van der Waals surface area contributed by atoms with Gasteiger partial charge in [0.15, 0.2) is 0 Å². The molecule has 21 heavy (non-hydrogen) atoms. The van der Waals surface area contributed by atoms with E-state index in [1.165, 1.54) is 0 Å². The van der Waals surface area contributed by atoms with Gasteiger partial charge in [-0.3, -0.25) is 0 Å². The Kier molecular flexibility index (Phi) is 3.87. The topological polar surface area (TPSA) is 61.3 Å². The second kappa shape index (κ2) is 5.80. The second-order valence-electron chi connectivity index (χ2n) is 5.26. The second-order valence-corrected chi connectivity index (χ2v) is 6.07. The average Bonchev–Trinajstić information content (AvgIpc) is 3.01. The van der Waals surface area contributed by atoms with E-state index in [4.69, 9.17) is 0 Å². The monoisotopic (exact) mass is 305 g/mol. The molecule has 0 aliphatic carbocycles. The molecule has 3 rings (SSSR count). The fraction of sp³-hybridized carbons (Fsp3) is 0.538. The third kappa shape index (κ3) is 3.05. The van der Waals surface area contributed by atoms with Crippen LogP contribution < -0.4 is 14.7 Å². The van der Waals surface area contributed by atoms with Gasteiger partial charge in [0.2, 0.25) is 11.1 Å². The van der Waals surface area contributed by atoms with Gasteiger partial charge in [-0.05, 0) is 6.92 Å². The standard InChI is InChI=1S/C13H19N7S/c1-10-8-11(18(2)3)16-12(15-10)19-4-6-20(7-5-19)13-17-14-9-21-13/h8-9H,4-7H2,1-3H3. The molecule has 0 aromatic carbocycles. The molecule has 0 spiro atoms. The van der Waals surface area contributed by atoms with Crippen LogP contribution in [-0.4, -0.2) is 60.4 Å². The van der Waals surface area contributed by atoms with Crippen molar-refractivity contribution in [2.75, 3.05) is 55.0 Å². The third-order valence-electron chi connectivity index (χ3n) is 3.47. The predicted octanol–water partition coefficient (Wildman–Crippen LogP) is 1.03. The molecule has 0 saturated carbocycles. The van der Waals surface area contributed by atoms with Crippen LogP contribution in [0, 0.1) is 6.92 Å². The van der Waals surface area contributed by atoms with E-state index in [2.05, 4.69) is 30.0 Å². The molecule has 0 unspecified atom stereocenters. The predicted molar refractivity (Wildman–Crippen MR) is 85.4 cm³/mol. The molecule has 1 saturated heterocycles. The van der Waals surface area contributed by atoms with Crippen LogP contribution in [0.25, 0.3) is 0 Å². The molecule has 0 bridgehead atoms. The van der Waals surface area contributed by atoms with E-state index in [0.29, 0.717) is 0 Å². The molecular formula is C13H19N7S. The Hall–Kier alpha value is -1.96. The van der Waals surface area contributed by atoms with Gasteiger partial charge < -0.3 is 14.7 Å². The first-order valence-electron chi connectivity index (χ1n) is 6.92. The summed E-state index contributed by atoms with van der Waals surface area (Å²) in [6.45, 7) is 5.65. The summed E-state index contributed by atoms with van der Waals surface area (Å²) in [5, 5.41) is 9.02. The summed E-state index contributed by atoms with van der Waals surface area (Å²) < 4.78 is 0. The fourth-order valence-electron chi connectivity index (χ4n) is 2.31. The Morgan fingerprint density at radius 3 is 2.43 bits per heavy atom. The average molecular weight is 305 g/mol. The summed E-state index contributed by atoms with van der Waals surface area (Å²) in [4.78, 5) is 15.7. The van der Waals surface area contributed by atoms with Gasteiger partial charge in [-0.15, -0.1) is 10.2 Å². The van der Waals surface area contributed by atoms with Crippen molar-refractivity contribution >= 4 is 28.2 Å². The molecule has 112 valence electrons. The highest BCUT2D eigenvalue weighted by atomic mass is 32.1. The maximum absolute atomic E-state index is 4.64. The number of nitrogens with zero attached hydrogens (tertiary/aromatic N) is 7. The minimum absolute atomic E-state index is 0.815. The summed E-state index contributed by atoms with van der Waals surface area (Å²) in [5.74, 6) is 1.76. The number of aromatic nitrogens is 4. The van der Waals surface area contributed by atoms with E-state index in [1.54, 1.807) is 16.8 Å². The zero-order valence-electron chi connectivity index (χ0n) is 12.5. The molecule has 0 N–H and O–H groups in total.